The number of carbonyl (C=O) groups is 4. The summed E-state index contributed by atoms with van der Waals surface area (Å²) in [6.45, 7) is 15.9. The molecule has 1 aromatic carbocycles. The van der Waals surface area contributed by atoms with E-state index in [0.29, 0.717) is 17.3 Å². The highest BCUT2D eigenvalue weighted by Crippen LogP contribution is 2.41. The molecule has 1 aliphatic carbocycles. The number of benzene rings is 1. The van der Waals surface area contributed by atoms with Crippen LogP contribution in [-0.4, -0.2) is 72.9 Å². The molecule has 244 valence electrons. The minimum absolute atomic E-state index is 0.0380. The third kappa shape index (κ3) is 8.30. The van der Waals surface area contributed by atoms with Gasteiger partial charge in [0.1, 0.15) is 11.7 Å². The molecule has 2 aromatic heterocycles. The molecule has 3 N–H and O–H groups in total. The Bertz CT molecular complexity index is 1810. The van der Waals surface area contributed by atoms with Gasteiger partial charge in [0, 0.05) is 43.3 Å². The second-order valence-electron chi connectivity index (χ2n) is 11.7. The van der Waals surface area contributed by atoms with Crippen molar-refractivity contribution in [1.29, 1.82) is 0 Å². The number of ether oxygens (including phenoxy) is 2. The summed E-state index contributed by atoms with van der Waals surface area (Å²) in [5.41, 5.74) is 1.25. The Morgan fingerprint density at radius 1 is 1.06 bits per heavy atom. The number of nitrogens with one attached hydrogen (secondary N) is 1. The lowest BCUT2D eigenvalue weighted by molar-refractivity contribution is -0.131. The molecule has 1 amide bonds. The van der Waals surface area contributed by atoms with Crippen LogP contribution in [-0.2, 0) is 14.3 Å². The van der Waals surface area contributed by atoms with E-state index in [-0.39, 0.29) is 66.6 Å². The Balaban J connectivity index is 1.75. The lowest BCUT2D eigenvalue weighted by Gasteiger charge is -2.37. The summed E-state index contributed by atoms with van der Waals surface area (Å²) in [6.07, 6.45) is 0.344. The number of rotatable bonds is 8. The number of aryl methyl sites for hydroxylation is 1. The molecule has 0 aliphatic heterocycles. The normalized spacial score (nSPS) is 18.5. The lowest BCUT2D eigenvalue weighted by Crippen LogP contribution is -2.37. The van der Waals surface area contributed by atoms with Gasteiger partial charge in [-0.3, -0.25) is 5.10 Å². The number of fused-ring (bicyclic) bond motifs is 1. The van der Waals surface area contributed by atoms with Gasteiger partial charge in [-0.2, -0.15) is 0 Å². The average molecular weight is 642 g/mol. The molecule has 0 saturated heterocycles. The van der Waals surface area contributed by atoms with Crippen LogP contribution in [0, 0.1) is 54.9 Å². The van der Waals surface area contributed by atoms with Gasteiger partial charge >= 0.3 is 24.0 Å². The first-order valence-corrected chi connectivity index (χ1v) is 15.1. The van der Waals surface area contributed by atoms with Crippen molar-refractivity contribution in [3.63, 3.8) is 0 Å². The maximum absolute atomic E-state index is 13.9. The van der Waals surface area contributed by atoms with Crippen molar-refractivity contribution in [2.24, 2.45) is 17.8 Å². The summed E-state index contributed by atoms with van der Waals surface area (Å²) in [6, 6.07) is 7.45. The summed E-state index contributed by atoms with van der Waals surface area (Å²) in [4.78, 5) is 58.4. The van der Waals surface area contributed by atoms with Gasteiger partial charge in [0.05, 0.1) is 6.57 Å². The van der Waals surface area contributed by atoms with E-state index in [2.05, 4.69) is 33.7 Å². The fourth-order valence-corrected chi connectivity index (χ4v) is 5.99. The van der Waals surface area contributed by atoms with Crippen LogP contribution in [0.1, 0.15) is 62.4 Å². The Morgan fingerprint density at radius 2 is 1.68 bits per heavy atom. The van der Waals surface area contributed by atoms with Gasteiger partial charge < -0.3 is 24.6 Å². The van der Waals surface area contributed by atoms with Crippen molar-refractivity contribution in [2.45, 2.75) is 59.5 Å². The van der Waals surface area contributed by atoms with Gasteiger partial charge in [0.2, 0.25) is 5.88 Å². The molecular weight excluding hydrogens is 606 g/mol. The van der Waals surface area contributed by atoms with Gasteiger partial charge in [-0.25, -0.2) is 33.5 Å². The summed E-state index contributed by atoms with van der Waals surface area (Å²) in [7, 11) is 0. The zero-order valence-electron chi connectivity index (χ0n) is 26.5. The summed E-state index contributed by atoms with van der Waals surface area (Å²) in [5.74, 6) is 6.08. The fourth-order valence-electron chi connectivity index (χ4n) is 5.99. The molecular formula is C34H35N5O8. The number of aliphatic carboxylic acids is 2. The van der Waals surface area contributed by atoms with Crippen molar-refractivity contribution in [3.05, 3.63) is 46.8 Å². The van der Waals surface area contributed by atoms with Crippen LogP contribution in [0.5, 0.6) is 5.88 Å². The van der Waals surface area contributed by atoms with E-state index in [1.165, 1.54) is 4.52 Å². The number of nitrogens with zero attached hydrogens (tertiary/aromatic N) is 4. The van der Waals surface area contributed by atoms with E-state index >= 15 is 0 Å². The lowest BCUT2D eigenvalue weighted by atomic mass is 9.75. The van der Waals surface area contributed by atoms with Crippen LogP contribution < -0.4 is 4.74 Å². The number of esters is 1. The van der Waals surface area contributed by atoms with Gasteiger partial charge in [0.15, 0.2) is 11.5 Å². The van der Waals surface area contributed by atoms with Gasteiger partial charge in [-0.05, 0) is 43.6 Å². The highest BCUT2D eigenvalue weighted by Gasteiger charge is 2.37. The molecule has 0 spiro atoms. The predicted molar refractivity (Wildman–Crippen MR) is 170 cm³/mol. The van der Waals surface area contributed by atoms with E-state index in [9.17, 15) is 19.2 Å². The number of carboxylic acids is 2. The second kappa shape index (κ2) is 15.0. The molecule has 1 saturated carbocycles. The average Bonchev–Trinajstić information content (AvgIpc) is 3.55. The quantitative estimate of drug-likeness (QED) is 0.171. The summed E-state index contributed by atoms with van der Waals surface area (Å²) in [5, 5.41) is 20.7. The molecule has 2 heterocycles. The number of amides is 1. The number of aromatic nitrogens is 3. The fraction of sp³-hybridized carbons (Fsp3) is 0.412. The highest BCUT2D eigenvalue weighted by molar-refractivity contribution is 6.05. The zero-order valence-corrected chi connectivity index (χ0v) is 26.5. The molecule has 2 atom stereocenters. The SMILES string of the molecule is [C-]#[N+]c1c(C(=O)OC2C(C)CC(C)CC2C)c2nc(-c3cccc(C)c3)[nH]n2c1OC(=O)N(CCC#CC(=O)O)CCC#CC(=O)O. The van der Waals surface area contributed by atoms with Crippen molar-refractivity contribution >= 4 is 35.3 Å². The Morgan fingerprint density at radius 3 is 2.23 bits per heavy atom. The molecule has 1 fully saturated rings. The molecule has 47 heavy (non-hydrogen) atoms. The van der Waals surface area contributed by atoms with Gasteiger partial charge in [-0.15, -0.1) is 0 Å². The van der Waals surface area contributed by atoms with E-state index in [0.717, 1.165) is 23.3 Å². The second-order valence-corrected chi connectivity index (χ2v) is 11.7. The number of hydrogen-bond acceptors (Lipinski definition) is 7. The Hall–Kier alpha value is -5.74. The van der Waals surface area contributed by atoms with E-state index in [4.69, 9.17) is 26.3 Å². The first kappa shape index (κ1) is 34.1. The van der Waals surface area contributed by atoms with Crippen LogP contribution in [0.2, 0.25) is 0 Å². The van der Waals surface area contributed by atoms with Crippen molar-refractivity contribution in [1.82, 2.24) is 19.5 Å². The molecule has 2 unspecified atom stereocenters. The van der Waals surface area contributed by atoms with Crippen molar-refractivity contribution in [3.8, 4) is 40.9 Å². The van der Waals surface area contributed by atoms with Crippen molar-refractivity contribution in [2.75, 3.05) is 13.1 Å². The first-order valence-electron chi connectivity index (χ1n) is 15.1. The highest BCUT2D eigenvalue weighted by atomic mass is 16.6. The van der Waals surface area contributed by atoms with Gasteiger partial charge in [0.25, 0.3) is 5.69 Å². The minimum Gasteiger partial charge on any atom is -0.472 e. The Labute approximate surface area is 271 Å². The maximum atomic E-state index is 13.9. The van der Waals surface area contributed by atoms with E-state index in [1.807, 2.05) is 56.9 Å². The van der Waals surface area contributed by atoms with Gasteiger partial charge in [-0.1, -0.05) is 56.4 Å². The molecule has 3 aromatic rings. The predicted octanol–water partition coefficient (Wildman–Crippen LogP) is 5.17. The molecule has 0 bridgehead atoms. The topological polar surface area (TPSA) is 168 Å². The largest absolute Gasteiger partial charge is 0.472 e. The Kier molecular flexibility index (Phi) is 10.9. The molecule has 1 aliphatic rings. The van der Waals surface area contributed by atoms with Crippen molar-refractivity contribution < 1.29 is 38.9 Å². The number of hydrogen-bond donors (Lipinski definition) is 3. The third-order valence-electron chi connectivity index (χ3n) is 7.88. The maximum Gasteiger partial charge on any atom is 0.415 e. The van der Waals surface area contributed by atoms with Crippen LogP contribution in [0.15, 0.2) is 24.3 Å². The zero-order chi connectivity index (χ0) is 34.2. The molecule has 13 nitrogen and oxygen atoms in total. The molecule has 0 radical (unpaired) electrons. The first-order chi connectivity index (χ1) is 22.4. The third-order valence-corrected chi connectivity index (χ3v) is 7.88. The summed E-state index contributed by atoms with van der Waals surface area (Å²) >= 11 is 0. The summed E-state index contributed by atoms with van der Waals surface area (Å²) < 4.78 is 13.0. The minimum atomic E-state index is -1.33. The smallest absolute Gasteiger partial charge is 0.415 e. The van der Waals surface area contributed by atoms with Crippen LogP contribution in [0.3, 0.4) is 0 Å². The monoisotopic (exact) mass is 641 g/mol. The number of H-pyrrole nitrogens is 1. The van der Waals surface area contributed by atoms with Crippen LogP contribution in [0.4, 0.5) is 10.5 Å². The molecule has 4 rings (SSSR count). The van der Waals surface area contributed by atoms with Crippen LogP contribution in [0.25, 0.3) is 21.9 Å². The molecule has 13 heteroatoms. The standard InChI is InChI=1S/C34H35N5O8/c1-20-11-10-12-24(19-20)30-36-31-27(33(44)46-29-22(3)17-21(2)18-23(29)4)28(35-5)32(39(31)37-30)47-34(45)38(15-8-6-13-25(40)41)16-9-7-14-26(42)43/h10-12,19,21-23,29H,8-9,15-18H2,1-4H3,(H,36,37)(H,40,41)(H,42,43). The number of carbonyl (C=O) groups excluding carboxylic acids is 2. The van der Waals surface area contributed by atoms with Crippen LogP contribution >= 0.6 is 0 Å². The number of aromatic amines is 1. The van der Waals surface area contributed by atoms with E-state index < -0.39 is 24.0 Å². The number of carboxylic acid groups (broad SMARTS) is 2. The van der Waals surface area contributed by atoms with E-state index in [1.54, 1.807) is 0 Å².